The molecule has 1 atom stereocenters. The monoisotopic (exact) mass is 585 g/mol. The maximum absolute atomic E-state index is 12.6. The van der Waals surface area contributed by atoms with Crippen LogP contribution < -0.4 is 11.1 Å². The molecule has 0 radical (unpaired) electrons. The molecule has 12 heteroatoms. The van der Waals surface area contributed by atoms with Crippen LogP contribution in [0.3, 0.4) is 0 Å². The molecule has 1 heterocycles. The van der Waals surface area contributed by atoms with Crippen LogP contribution in [0.2, 0.25) is 10.0 Å². The molecular formula is C27H32Cl2F3N5O2. The Morgan fingerprint density at radius 3 is 2.49 bits per heavy atom. The topological polar surface area (TPSA) is 106 Å². The van der Waals surface area contributed by atoms with Crippen molar-refractivity contribution in [1.82, 2.24) is 15.1 Å². The fraction of sp³-hybridized carbons (Fsp3) is 0.370. The van der Waals surface area contributed by atoms with Gasteiger partial charge in [-0.2, -0.15) is 18.3 Å². The number of benzene rings is 1. The average molecular weight is 586 g/mol. The van der Waals surface area contributed by atoms with E-state index < -0.39 is 18.6 Å². The largest absolute Gasteiger partial charge is 0.481 e. The van der Waals surface area contributed by atoms with Gasteiger partial charge in [-0.15, -0.1) is 0 Å². The zero-order valence-electron chi connectivity index (χ0n) is 21.9. The van der Waals surface area contributed by atoms with Gasteiger partial charge in [-0.3, -0.25) is 14.5 Å². The number of carboxylic acid groups (broad SMARTS) is 1. The Morgan fingerprint density at radius 2 is 1.90 bits per heavy atom. The molecule has 0 aliphatic heterocycles. The number of aromatic nitrogens is 2. The Bertz CT molecular complexity index is 1240. The highest BCUT2D eigenvalue weighted by Gasteiger charge is 2.25. The first-order chi connectivity index (χ1) is 18.2. The molecule has 0 saturated carbocycles. The number of hydrogen-bond acceptors (Lipinski definition) is 5. The van der Waals surface area contributed by atoms with Crippen molar-refractivity contribution < 1.29 is 23.1 Å². The zero-order chi connectivity index (χ0) is 29.2. The highest BCUT2D eigenvalue weighted by Crippen LogP contribution is 2.29. The lowest BCUT2D eigenvalue weighted by Gasteiger charge is -2.19. The van der Waals surface area contributed by atoms with Crippen LogP contribution in [-0.4, -0.2) is 39.8 Å². The molecule has 39 heavy (non-hydrogen) atoms. The van der Waals surface area contributed by atoms with E-state index in [1.165, 1.54) is 6.08 Å². The lowest BCUT2D eigenvalue weighted by molar-refractivity contribution is -0.137. The number of allylic oxidation sites excluding steroid dienone is 5. The summed E-state index contributed by atoms with van der Waals surface area (Å²) in [5, 5.41) is 17.6. The van der Waals surface area contributed by atoms with E-state index in [-0.39, 0.29) is 12.5 Å². The van der Waals surface area contributed by atoms with Crippen LogP contribution in [0.1, 0.15) is 51.8 Å². The van der Waals surface area contributed by atoms with Gasteiger partial charge in [0.1, 0.15) is 0 Å². The number of alkyl halides is 3. The number of carbonyl (C=O) groups is 1. The van der Waals surface area contributed by atoms with Gasteiger partial charge in [0.2, 0.25) is 0 Å². The van der Waals surface area contributed by atoms with Crippen molar-refractivity contribution in [2.24, 2.45) is 10.7 Å². The molecule has 2 rings (SSSR count). The minimum absolute atomic E-state index is 0.0575. The molecule has 4 N–H and O–H groups in total. The number of nitrogens with zero attached hydrogens (tertiary/aromatic N) is 3. The third-order valence-electron chi connectivity index (χ3n) is 5.39. The summed E-state index contributed by atoms with van der Waals surface area (Å²) in [7, 11) is 0. The summed E-state index contributed by atoms with van der Waals surface area (Å²) in [6, 6.07) is 6.57. The second-order valence-corrected chi connectivity index (χ2v) is 9.89. The van der Waals surface area contributed by atoms with Gasteiger partial charge in [-0.05, 0) is 63.6 Å². The Morgan fingerprint density at radius 1 is 1.23 bits per heavy atom. The first-order valence-electron chi connectivity index (χ1n) is 12.1. The van der Waals surface area contributed by atoms with Crippen molar-refractivity contribution in [2.75, 3.05) is 6.54 Å². The van der Waals surface area contributed by atoms with Crippen LogP contribution in [0.15, 0.2) is 64.5 Å². The van der Waals surface area contributed by atoms with E-state index in [4.69, 9.17) is 39.1 Å². The van der Waals surface area contributed by atoms with Crippen molar-refractivity contribution in [2.45, 2.75) is 58.8 Å². The van der Waals surface area contributed by atoms with Crippen LogP contribution in [0.5, 0.6) is 0 Å². The van der Waals surface area contributed by atoms with Crippen LogP contribution in [-0.2, 0) is 11.3 Å². The number of nitrogens with two attached hydrogens (primary N) is 1. The lowest BCUT2D eigenvalue weighted by Crippen LogP contribution is -2.23. The second-order valence-electron chi connectivity index (χ2n) is 9.02. The summed E-state index contributed by atoms with van der Waals surface area (Å²) in [5.41, 5.74) is 9.63. The van der Waals surface area contributed by atoms with E-state index in [9.17, 15) is 18.0 Å². The van der Waals surface area contributed by atoms with Gasteiger partial charge in [0.25, 0.3) is 0 Å². The van der Waals surface area contributed by atoms with E-state index in [2.05, 4.69) is 10.3 Å². The van der Waals surface area contributed by atoms with E-state index >= 15 is 0 Å². The molecule has 212 valence electrons. The third-order valence-corrected chi connectivity index (χ3v) is 5.82. The SMILES string of the molecule is C/C(N)=C(\C=C/CC(F)(F)F)NC(C)c1cc(-c2cc(Cl)cc(Cl)c2)nn1C/C(C)=C/C=NCCCC(=O)O. The number of carboxylic acids is 1. The summed E-state index contributed by atoms with van der Waals surface area (Å²) in [6.45, 7) is 6.15. The van der Waals surface area contributed by atoms with Gasteiger partial charge in [0.05, 0.1) is 36.1 Å². The predicted octanol–water partition coefficient (Wildman–Crippen LogP) is 7.09. The summed E-state index contributed by atoms with van der Waals surface area (Å²) in [4.78, 5) is 14.8. The molecule has 1 aromatic heterocycles. The molecule has 0 bridgehead atoms. The quantitative estimate of drug-likeness (QED) is 0.132. The highest BCUT2D eigenvalue weighted by molar-refractivity contribution is 6.35. The van der Waals surface area contributed by atoms with Crippen molar-refractivity contribution in [1.29, 1.82) is 0 Å². The van der Waals surface area contributed by atoms with E-state index in [1.54, 1.807) is 36.0 Å². The molecule has 0 spiro atoms. The fourth-order valence-corrected chi connectivity index (χ4v) is 4.05. The first kappa shape index (κ1) is 32.0. The average Bonchev–Trinajstić information content (AvgIpc) is 3.22. The van der Waals surface area contributed by atoms with Crippen LogP contribution in [0.4, 0.5) is 13.2 Å². The number of halogens is 5. The number of aliphatic carboxylic acids is 1. The van der Waals surface area contributed by atoms with Crippen LogP contribution in [0, 0.1) is 0 Å². The zero-order valence-corrected chi connectivity index (χ0v) is 23.4. The number of rotatable bonds is 13. The molecular weight excluding hydrogens is 554 g/mol. The second kappa shape index (κ2) is 14.8. The van der Waals surface area contributed by atoms with E-state index in [0.717, 1.165) is 17.3 Å². The number of aliphatic imine (C=N–C) groups is 1. The van der Waals surface area contributed by atoms with Gasteiger partial charge in [0, 0.05) is 40.5 Å². The van der Waals surface area contributed by atoms with Crippen molar-refractivity contribution in [3.8, 4) is 11.3 Å². The van der Waals surface area contributed by atoms with Crippen molar-refractivity contribution in [3.05, 3.63) is 75.2 Å². The molecule has 7 nitrogen and oxygen atoms in total. The molecule has 1 aromatic carbocycles. The minimum Gasteiger partial charge on any atom is -0.481 e. The minimum atomic E-state index is -4.31. The Labute approximate surface area is 235 Å². The first-order valence-corrected chi connectivity index (χ1v) is 12.9. The lowest BCUT2D eigenvalue weighted by atomic mass is 10.1. The normalized spacial score (nSPS) is 14.2. The van der Waals surface area contributed by atoms with E-state index in [0.29, 0.717) is 52.2 Å². The van der Waals surface area contributed by atoms with Gasteiger partial charge in [0.15, 0.2) is 0 Å². The molecule has 0 saturated heterocycles. The molecule has 0 fully saturated rings. The van der Waals surface area contributed by atoms with Gasteiger partial charge >= 0.3 is 12.1 Å². The standard InChI is InChI=1S/C27H32Cl2F3N5O2/c1-17(8-11-34-10-5-7-26(38)39)16-37-25(15-24(36-37)20-12-21(28)14-22(29)13-20)19(3)35-23(18(2)33)6-4-9-27(30,31)32/h4,6,8,11-15,19,35H,5,7,9-10,16,33H2,1-3H3,(H,38,39)/b6-4-,17-8+,23-18-,34-11?. The molecule has 2 aromatic rings. The summed E-state index contributed by atoms with van der Waals surface area (Å²) < 4.78 is 39.6. The Balaban J connectivity index is 2.34. The van der Waals surface area contributed by atoms with Crippen LogP contribution in [0.25, 0.3) is 11.3 Å². The smallest absolute Gasteiger partial charge is 0.392 e. The maximum Gasteiger partial charge on any atom is 0.392 e. The van der Waals surface area contributed by atoms with Gasteiger partial charge in [-0.1, -0.05) is 34.9 Å². The van der Waals surface area contributed by atoms with Crippen molar-refractivity contribution >= 4 is 35.4 Å². The summed E-state index contributed by atoms with van der Waals surface area (Å²) in [5.74, 6) is -0.860. The number of hydrogen-bond donors (Lipinski definition) is 3. The van der Waals surface area contributed by atoms with E-state index in [1.807, 2.05) is 26.0 Å². The maximum atomic E-state index is 12.6. The number of nitrogens with one attached hydrogen (secondary N) is 1. The fourth-order valence-electron chi connectivity index (χ4n) is 3.53. The summed E-state index contributed by atoms with van der Waals surface area (Å²) in [6.07, 6.45) is 0.907. The predicted molar refractivity (Wildman–Crippen MR) is 150 cm³/mol. The Hall–Kier alpha value is -3.24. The molecule has 1 unspecified atom stereocenters. The molecule has 0 aliphatic carbocycles. The van der Waals surface area contributed by atoms with Gasteiger partial charge < -0.3 is 16.2 Å². The highest BCUT2D eigenvalue weighted by atomic mass is 35.5. The molecule has 0 amide bonds. The van der Waals surface area contributed by atoms with Gasteiger partial charge in [-0.25, -0.2) is 0 Å². The molecule has 0 aliphatic rings. The van der Waals surface area contributed by atoms with Crippen molar-refractivity contribution in [3.63, 3.8) is 0 Å². The summed E-state index contributed by atoms with van der Waals surface area (Å²) >= 11 is 12.4. The van der Waals surface area contributed by atoms with Crippen LogP contribution >= 0.6 is 23.2 Å². The third kappa shape index (κ3) is 11.6. The Kier molecular flexibility index (Phi) is 12.1.